The van der Waals surface area contributed by atoms with Crippen LogP contribution in [0.15, 0.2) is 52.9 Å². The summed E-state index contributed by atoms with van der Waals surface area (Å²) in [5, 5.41) is 2.98. The average molecular weight is 370 g/mol. The van der Waals surface area contributed by atoms with E-state index in [1.165, 1.54) is 22.9 Å². The number of thiazole rings is 1. The van der Waals surface area contributed by atoms with Gasteiger partial charge in [-0.1, -0.05) is 48.2 Å². The Balaban J connectivity index is 1.25. The number of amides is 1. The minimum Gasteiger partial charge on any atom is -0.371 e. The second-order valence-electron chi connectivity index (χ2n) is 5.95. The highest BCUT2D eigenvalue weighted by Gasteiger charge is 2.19. The van der Waals surface area contributed by atoms with Crippen molar-refractivity contribution in [3.05, 3.63) is 59.7 Å². The lowest BCUT2D eigenvalue weighted by Crippen LogP contribution is -2.37. The monoisotopic (exact) mass is 370 g/mol. The van der Waals surface area contributed by atoms with E-state index < -0.39 is 0 Å². The molecule has 1 amide bonds. The van der Waals surface area contributed by atoms with Crippen molar-refractivity contribution in [3.8, 4) is 0 Å². The molecule has 0 radical (unpaired) electrons. The van der Waals surface area contributed by atoms with Gasteiger partial charge in [0, 0.05) is 13.0 Å². The summed E-state index contributed by atoms with van der Waals surface area (Å²) in [4.78, 5) is 16.6. The van der Waals surface area contributed by atoms with Gasteiger partial charge in [0.25, 0.3) is 0 Å². The molecule has 4 nitrogen and oxygen atoms in total. The third kappa shape index (κ3) is 4.03. The number of nitrogens with one attached hydrogen (secondary N) is 1. The van der Waals surface area contributed by atoms with E-state index in [-0.39, 0.29) is 12.0 Å². The van der Waals surface area contributed by atoms with Crippen LogP contribution < -0.4 is 5.32 Å². The van der Waals surface area contributed by atoms with Crippen molar-refractivity contribution in [2.24, 2.45) is 0 Å². The Labute approximate surface area is 154 Å². The van der Waals surface area contributed by atoms with Gasteiger partial charge >= 0.3 is 0 Å². The molecule has 0 aliphatic carbocycles. The predicted octanol–water partition coefficient (Wildman–Crippen LogP) is 3.65. The minimum atomic E-state index is 0.0201. The summed E-state index contributed by atoms with van der Waals surface area (Å²) in [5.41, 5.74) is 3.55. The summed E-state index contributed by atoms with van der Waals surface area (Å²) in [6.07, 6.45) is 0.896. The standard InChI is InChI=1S/C19H18N2O2S2/c22-18(12-24-19-21-16-7-3-4-8-17(16)25-19)20-10-15-9-13-5-1-2-6-14(13)11-23-15/h1-8,15H,9-12H2,(H,20,22). The molecule has 0 spiro atoms. The number of hydrogen-bond acceptors (Lipinski definition) is 5. The molecule has 1 aromatic heterocycles. The summed E-state index contributed by atoms with van der Waals surface area (Å²) in [6.45, 7) is 1.17. The molecule has 4 rings (SSSR count). The molecule has 1 unspecified atom stereocenters. The third-order valence-corrected chi connectivity index (χ3v) is 6.35. The molecule has 1 N–H and O–H groups in total. The first-order valence-electron chi connectivity index (χ1n) is 8.21. The highest BCUT2D eigenvalue weighted by atomic mass is 32.2. The van der Waals surface area contributed by atoms with Gasteiger partial charge in [-0.15, -0.1) is 11.3 Å². The van der Waals surface area contributed by atoms with E-state index >= 15 is 0 Å². The van der Waals surface area contributed by atoms with Crippen LogP contribution in [0.4, 0.5) is 0 Å². The fraction of sp³-hybridized carbons (Fsp3) is 0.263. The van der Waals surface area contributed by atoms with E-state index in [4.69, 9.17) is 4.74 Å². The Hall–Kier alpha value is -1.89. The van der Waals surface area contributed by atoms with Gasteiger partial charge in [0.2, 0.25) is 5.91 Å². The van der Waals surface area contributed by atoms with E-state index in [9.17, 15) is 4.79 Å². The summed E-state index contributed by atoms with van der Waals surface area (Å²) < 4.78 is 7.91. The van der Waals surface area contributed by atoms with Gasteiger partial charge in [0.15, 0.2) is 4.34 Å². The zero-order valence-corrected chi connectivity index (χ0v) is 15.2. The lowest BCUT2D eigenvalue weighted by atomic mass is 9.99. The van der Waals surface area contributed by atoms with E-state index in [0.29, 0.717) is 18.9 Å². The Morgan fingerprint density at radius 1 is 1.20 bits per heavy atom. The van der Waals surface area contributed by atoms with Crippen LogP contribution in [-0.2, 0) is 22.6 Å². The Kier molecular flexibility index (Phi) is 5.01. The van der Waals surface area contributed by atoms with Gasteiger partial charge < -0.3 is 10.1 Å². The van der Waals surface area contributed by atoms with Crippen molar-refractivity contribution in [2.75, 3.05) is 12.3 Å². The molecule has 2 heterocycles. The SMILES string of the molecule is O=C(CSc1nc2ccccc2s1)NCC1Cc2ccccc2CO1. The quantitative estimate of drug-likeness (QED) is 0.697. The highest BCUT2D eigenvalue weighted by molar-refractivity contribution is 8.01. The first kappa shape index (κ1) is 16.6. The molecule has 2 aromatic carbocycles. The first-order valence-corrected chi connectivity index (χ1v) is 10.0. The van der Waals surface area contributed by atoms with Crippen LogP contribution in [0.3, 0.4) is 0 Å². The highest BCUT2D eigenvalue weighted by Crippen LogP contribution is 2.29. The number of thioether (sulfide) groups is 1. The second kappa shape index (κ2) is 7.56. The molecule has 3 aromatic rings. The number of rotatable bonds is 5. The number of hydrogen-bond donors (Lipinski definition) is 1. The van der Waals surface area contributed by atoms with Gasteiger partial charge in [0.05, 0.1) is 28.7 Å². The number of carbonyl (C=O) groups excluding carboxylic acids is 1. The molecule has 0 saturated carbocycles. The van der Waals surface area contributed by atoms with Crippen molar-refractivity contribution >= 4 is 39.2 Å². The van der Waals surface area contributed by atoms with Crippen LogP contribution in [0, 0.1) is 0 Å². The van der Waals surface area contributed by atoms with Gasteiger partial charge in [-0.3, -0.25) is 4.79 Å². The number of benzene rings is 2. The van der Waals surface area contributed by atoms with Crippen LogP contribution in [0.5, 0.6) is 0 Å². The second-order valence-corrected chi connectivity index (χ2v) is 8.20. The normalized spacial score (nSPS) is 16.6. The molecule has 0 saturated heterocycles. The molecule has 0 fully saturated rings. The molecule has 0 bridgehead atoms. The maximum absolute atomic E-state index is 12.1. The van der Waals surface area contributed by atoms with Crippen LogP contribution in [0.2, 0.25) is 0 Å². The van der Waals surface area contributed by atoms with E-state index in [0.717, 1.165) is 21.0 Å². The molecule has 128 valence electrons. The van der Waals surface area contributed by atoms with Crippen molar-refractivity contribution in [2.45, 2.75) is 23.5 Å². The molecule has 6 heteroatoms. The minimum absolute atomic E-state index is 0.0201. The van der Waals surface area contributed by atoms with Crippen molar-refractivity contribution < 1.29 is 9.53 Å². The number of carbonyl (C=O) groups is 1. The lowest BCUT2D eigenvalue weighted by molar-refractivity contribution is -0.119. The van der Waals surface area contributed by atoms with Crippen LogP contribution in [0.25, 0.3) is 10.2 Å². The van der Waals surface area contributed by atoms with E-state index in [1.807, 2.05) is 24.3 Å². The van der Waals surface area contributed by atoms with Gasteiger partial charge in [-0.2, -0.15) is 0 Å². The molecule has 25 heavy (non-hydrogen) atoms. The number of nitrogens with zero attached hydrogens (tertiary/aromatic N) is 1. The zero-order valence-electron chi connectivity index (χ0n) is 13.6. The van der Waals surface area contributed by atoms with Crippen LogP contribution in [-0.4, -0.2) is 29.3 Å². The molecular weight excluding hydrogens is 352 g/mol. The summed E-state index contributed by atoms with van der Waals surface area (Å²) in [7, 11) is 0. The molecular formula is C19H18N2O2S2. The molecule has 1 aliphatic heterocycles. The molecule has 1 aliphatic rings. The van der Waals surface area contributed by atoms with Gasteiger partial charge in [-0.25, -0.2) is 4.98 Å². The average Bonchev–Trinajstić information content (AvgIpc) is 3.07. The molecule has 1 atom stereocenters. The first-order chi connectivity index (χ1) is 12.3. The Morgan fingerprint density at radius 2 is 2.00 bits per heavy atom. The maximum atomic E-state index is 12.1. The van der Waals surface area contributed by atoms with Crippen molar-refractivity contribution in [3.63, 3.8) is 0 Å². The summed E-state index contributed by atoms with van der Waals surface area (Å²) in [5.74, 6) is 0.398. The fourth-order valence-electron chi connectivity index (χ4n) is 2.86. The fourth-order valence-corrected chi connectivity index (χ4v) is 4.76. The Bertz CT molecular complexity index is 861. The maximum Gasteiger partial charge on any atom is 0.230 e. The van der Waals surface area contributed by atoms with Crippen LogP contribution >= 0.6 is 23.1 Å². The van der Waals surface area contributed by atoms with Gasteiger partial charge in [0.1, 0.15) is 0 Å². The third-order valence-electron chi connectivity index (χ3n) is 4.17. The Morgan fingerprint density at radius 3 is 2.88 bits per heavy atom. The number of fused-ring (bicyclic) bond motifs is 2. The van der Waals surface area contributed by atoms with Gasteiger partial charge in [-0.05, 0) is 23.3 Å². The van der Waals surface area contributed by atoms with E-state index in [1.54, 1.807) is 11.3 Å². The smallest absolute Gasteiger partial charge is 0.230 e. The summed E-state index contributed by atoms with van der Waals surface area (Å²) in [6, 6.07) is 16.3. The van der Waals surface area contributed by atoms with E-state index in [2.05, 4.69) is 34.6 Å². The predicted molar refractivity (Wildman–Crippen MR) is 102 cm³/mol. The zero-order chi connectivity index (χ0) is 17.1. The van der Waals surface area contributed by atoms with Crippen LogP contribution in [0.1, 0.15) is 11.1 Å². The van der Waals surface area contributed by atoms with Crippen molar-refractivity contribution in [1.29, 1.82) is 0 Å². The van der Waals surface area contributed by atoms with Crippen molar-refractivity contribution in [1.82, 2.24) is 10.3 Å². The lowest BCUT2D eigenvalue weighted by Gasteiger charge is -2.25. The topological polar surface area (TPSA) is 51.2 Å². The largest absolute Gasteiger partial charge is 0.371 e. The number of para-hydroxylation sites is 1. The number of aromatic nitrogens is 1. The number of ether oxygens (including phenoxy) is 1. The summed E-state index contributed by atoms with van der Waals surface area (Å²) >= 11 is 3.11.